The normalized spacial score (nSPS) is 18.3. The molecule has 1 amide bonds. The number of amides is 1. The number of rotatable bonds is 4. The molecule has 0 aromatic heterocycles. The van der Waals surface area contributed by atoms with Gasteiger partial charge in [-0.05, 0) is 24.0 Å². The SMILES string of the molecule is C=C1C[C@H](Cc2ccccc2)N(Cc2ccccc2)C1=O. The molecule has 1 saturated heterocycles. The van der Waals surface area contributed by atoms with Crippen LogP contribution in [0.2, 0.25) is 0 Å². The summed E-state index contributed by atoms with van der Waals surface area (Å²) >= 11 is 0. The summed E-state index contributed by atoms with van der Waals surface area (Å²) in [7, 11) is 0. The second-order valence-electron chi connectivity index (χ2n) is 5.57. The van der Waals surface area contributed by atoms with E-state index >= 15 is 0 Å². The lowest BCUT2D eigenvalue weighted by molar-refractivity contribution is -0.126. The third kappa shape index (κ3) is 3.05. The number of hydrogen-bond acceptors (Lipinski definition) is 1. The van der Waals surface area contributed by atoms with E-state index in [1.165, 1.54) is 11.1 Å². The highest BCUT2D eigenvalue weighted by Crippen LogP contribution is 2.27. The monoisotopic (exact) mass is 277 g/mol. The molecular weight excluding hydrogens is 258 g/mol. The fourth-order valence-electron chi connectivity index (χ4n) is 2.90. The average Bonchev–Trinajstić information content (AvgIpc) is 2.77. The van der Waals surface area contributed by atoms with Crippen LogP contribution < -0.4 is 0 Å². The molecule has 1 aliphatic rings. The van der Waals surface area contributed by atoms with Gasteiger partial charge < -0.3 is 4.90 Å². The first-order valence-corrected chi connectivity index (χ1v) is 7.30. The van der Waals surface area contributed by atoms with Gasteiger partial charge in [0.2, 0.25) is 5.91 Å². The maximum Gasteiger partial charge on any atom is 0.249 e. The quantitative estimate of drug-likeness (QED) is 0.782. The van der Waals surface area contributed by atoms with Crippen LogP contribution in [0.1, 0.15) is 17.5 Å². The third-order valence-corrected chi connectivity index (χ3v) is 4.00. The van der Waals surface area contributed by atoms with Gasteiger partial charge in [-0.1, -0.05) is 67.2 Å². The molecule has 1 fully saturated rings. The largest absolute Gasteiger partial charge is 0.331 e. The van der Waals surface area contributed by atoms with E-state index in [0.29, 0.717) is 6.54 Å². The molecule has 2 nitrogen and oxygen atoms in total. The van der Waals surface area contributed by atoms with Crippen molar-refractivity contribution in [1.82, 2.24) is 4.90 Å². The Morgan fingerprint density at radius 1 is 0.952 bits per heavy atom. The number of carbonyl (C=O) groups is 1. The van der Waals surface area contributed by atoms with Crippen molar-refractivity contribution in [3.8, 4) is 0 Å². The molecule has 2 aromatic carbocycles. The number of hydrogen-bond donors (Lipinski definition) is 0. The molecule has 0 N–H and O–H groups in total. The molecule has 0 spiro atoms. The second-order valence-corrected chi connectivity index (χ2v) is 5.57. The minimum absolute atomic E-state index is 0.0970. The molecule has 106 valence electrons. The highest BCUT2D eigenvalue weighted by Gasteiger charge is 2.33. The summed E-state index contributed by atoms with van der Waals surface area (Å²) in [6.45, 7) is 4.59. The number of benzene rings is 2. The summed E-state index contributed by atoms with van der Waals surface area (Å²) in [5.74, 6) is 0.0970. The maximum atomic E-state index is 12.3. The first kappa shape index (κ1) is 13.6. The highest BCUT2D eigenvalue weighted by molar-refractivity contribution is 5.95. The van der Waals surface area contributed by atoms with E-state index in [4.69, 9.17) is 0 Å². The van der Waals surface area contributed by atoms with E-state index < -0.39 is 0 Å². The van der Waals surface area contributed by atoms with Gasteiger partial charge in [-0.2, -0.15) is 0 Å². The van der Waals surface area contributed by atoms with Crippen molar-refractivity contribution < 1.29 is 4.79 Å². The summed E-state index contributed by atoms with van der Waals surface area (Å²) in [6, 6.07) is 20.7. The Hall–Kier alpha value is -2.35. The smallest absolute Gasteiger partial charge is 0.249 e. The molecular formula is C19H19NO. The minimum Gasteiger partial charge on any atom is -0.331 e. The molecule has 1 atom stereocenters. The van der Waals surface area contributed by atoms with Crippen LogP contribution in [0.3, 0.4) is 0 Å². The van der Waals surface area contributed by atoms with Crippen LogP contribution in [-0.2, 0) is 17.8 Å². The second kappa shape index (κ2) is 5.96. The molecule has 0 saturated carbocycles. The molecule has 0 bridgehead atoms. The Morgan fingerprint density at radius 3 is 2.14 bits per heavy atom. The van der Waals surface area contributed by atoms with Crippen molar-refractivity contribution in [3.05, 3.63) is 83.9 Å². The first-order valence-electron chi connectivity index (χ1n) is 7.30. The fourth-order valence-corrected chi connectivity index (χ4v) is 2.90. The average molecular weight is 277 g/mol. The van der Waals surface area contributed by atoms with E-state index in [1.807, 2.05) is 41.3 Å². The predicted molar refractivity (Wildman–Crippen MR) is 84.7 cm³/mol. The molecule has 3 rings (SSSR count). The van der Waals surface area contributed by atoms with E-state index in [0.717, 1.165) is 18.4 Å². The van der Waals surface area contributed by atoms with E-state index in [1.54, 1.807) is 0 Å². The third-order valence-electron chi connectivity index (χ3n) is 4.00. The van der Waals surface area contributed by atoms with Gasteiger partial charge in [0.25, 0.3) is 0 Å². The topological polar surface area (TPSA) is 20.3 Å². The molecule has 2 heteroatoms. The zero-order chi connectivity index (χ0) is 14.7. The summed E-state index contributed by atoms with van der Waals surface area (Å²) in [4.78, 5) is 14.3. The van der Waals surface area contributed by atoms with Crippen LogP contribution in [0.4, 0.5) is 0 Å². The van der Waals surface area contributed by atoms with Crippen molar-refractivity contribution in [1.29, 1.82) is 0 Å². The van der Waals surface area contributed by atoms with Gasteiger partial charge in [0.1, 0.15) is 0 Å². The number of nitrogens with zero attached hydrogens (tertiary/aromatic N) is 1. The molecule has 1 aliphatic heterocycles. The van der Waals surface area contributed by atoms with Gasteiger partial charge in [0, 0.05) is 18.2 Å². The van der Waals surface area contributed by atoms with Crippen molar-refractivity contribution in [2.45, 2.75) is 25.4 Å². The van der Waals surface area contributed by atoms with Crippen molar-refractivity contribution in [2.24, 2.45) is 0 Å². The summed E-state index contributed by atoms with van der Waals surface area (Å²) in [6.07, 6.45) is 1.65. The fraction of sp³-hybridized carbons (Fsp3) is 0.211. The van der Waals surface area contributed by atoms with Crippen LogP contribution in [0, 0.1) is 0 Å². The lowest BCUT2D eigenvalue weighted by Crippen LogP contribution is -2.34. The maximum absolute atomic E-state index is 12.3. The summed E-state index contributed by atoms with van der Waals surface area (Å²) < 4.78 is 0. The van der Waals surface area contributed by atoms with Crippen molar-refractivity contribution in [2.75, 3.05) is 0 Å². The van der Waals surface area contributed by atoms with E-state index in [-0.39, 0.29) is 11.9 Å². The van der Waals surface area contributed by atoms with Crippen molar-refractivity contribution >= 4 is 5.91 Å². The predicted octanol–water partition coefficient (Wildman–Crippen LogP) is 3.59. The van der Waals surface area contributed by atoms with Gasteiger partial charge in [-0.25, -0.2) is 0 Å². The lowest BCUT2D eigenvalue weighted by atomic mass is 10.0. The van der Waals surface area contributed by atoms with Crippen molar-refractivity contribution in [3.63, 3.8) is 0 Å². The van der Waals surface area contributed by atoms with E-state index in [9.17, 15) is 4.79 Å². The van der Waals surface area contributed by atoms with Crippen LogP contribution in [0.5, 0.6) is 0 Å². The molecule has 0 unspecified atom stereocenters. The van der Waals surface area contributed by atoms with E-state index in [2.05, 4.69) is 30.8 Å². The zero-order valence-electron chi connectivity index (χ0n) is 12.0. The highest BCUT2D eigenvalue weighted by atomic mass is 16.2. The van der Waals surface area contributed by atoms with Gasteiger partial charge in [-0.15, -0.1) is 0 Å². The van der Waals surface area contributed by atoms with Crippen LogP contribution in [0.25, 0.3) is 0 Å². The Bertz CT molecular complexity index is 633. The lowest BCUT2D eigenvalue weighted by Gasteiger charge is -2.24. The first-order chi connectivity index (χ1) is 10.2. The minimum atomic E-state index is 0.0970. The Morgan fingerprint density at radius 2 is 1.52 bits per heavy atom. The Kier molecular flexibility index (Phi) is 3.87. The summed E-state index contributed by atoms with van der Waals surface area (Å²) in [5.41, 5.74) is 3.16. The van der Waals surface area contributed by atoms with Gasteiger partial charge >= 0.3 is 0 Å². The van der Waals surface area contributed by atoms with Crippen LogP contribution in [0.15, 0.2) is 72.8 Å². The van der Waals surface area contributed by atoms with Crippen LogP contribution in [-0.4, -0.2) is 16.8 Å². The Labute approximate surface area is 125 Å². The molecule has 21 heavy (non-hydrogen) atoms. The zero-order valence-corrected chi connectivity index (χ0v) is 12.0. The summed E-state index contributed by atoms with van der Waals surface area (Å²) in [5, 5.41) is 0. The standard InChI is InChI=1S/C19H19NO/c1-15-12-18(13-16-8-4-2-5-9-16)20(19(15)21)14-17-10-6-3-7-11-17/h2-11,18H,1,12-14H2/t18-/m1/s1. The molecule has 0 aliphatic carbocycles. The van der Waals surface area contributed by atoms with Gasteiger partial charge in [0.15, 0.2) is 0 Å². The van der Waals surface area contributed by atoms with Gasteiger partial charge in [-0.3, -0.25) is 4.79 Å². The molecule has 2 aromatic rings. The molecule has 1 heterocycles. The number of likely N-dealkylation sites (tertiary alicyclic amines) is 1. The molecule has 0 radical (unpaired) electrons. The van der Waals surface area contributed by atoms with Gasteiger partial charge in [0.05, 0.1) is 0 Å². The Balaban J connectivity index is 1.78. The number of carbonyl (C=O) groups excluding carboxylic acids is 1. The van der Waals surface area contributed by atoms with Crippen LogP contribution >= 0.6 is 0 Å².